The van der Waals surface area contributed by atoms with Crippen LogP contribution in [0.2, 0.25) is 0 Å². The molecule has 0 saturated heterocycles. The topological polar surface area (TPSA) is 92.7 Å². The highest BCUT2D eigenvalue weighted by molar-refractivity contribution is 5.80. The van der Waals surface area contributed by atoms with E-state index in [1.54, 1.807) is 13.2 Å². The Morgan fingerprint density at radius 1 is 0.868 bits per heavy atom. The van der Waals surface area contributed by atoms with Gasteiger partial charge in [-0.05, 0) is 53.4 Å². The third kappa shape index (κ3) is 4.72. The number of aliphatic hydroxyl groups excluding tert-OH is 1. The van der Waals surface area contributed by atoms with E-state index in [9.17, 15) is 9.90 Å². The first kappa shape index (κ1) is 25.7. The Balaban J connectivity index is 1.70. The van der Waals surface area contributed by atoms with Crippen LogP contribution >= 0.6 is 0 Å². The summed E-state index contributed by atoms with van der Waals surface area (Å²) in [6.45, 7) is 2.77. The maximum Gasteiger partial charge on any atom is 0.310 e. The van der Waals surface area contributed by atoms with Gasteiger partial charge in [-0.3, -0.25) is 4.79 Å². The van der Waals surface area contributed by atoms with Crippen LogP contribution in [-0.4, -0.2) is 51.9 Å². The Labute approximate surface area is 222 Å². The second-order valence-electron chi connectivity index (χ2n) is 9.23. The number of methoxy groups -OCH3 is 2. The van der Waals surface area contributed by atoms with Gasteiger partial charge in [-0.25, -0.2) is 0 Å². The molecule has 0 amide bonds. The van der Waals surface area contributed by atoms with Crippen LogP contribution in [0.25, 0.3) is 0 Å². The van der Waals surface area contributed by atoms with Crippen LogP contribution in [0.15, 0.2) is 54.6 Å². The second-order valence-corrected chi connectivity index (χ2v) is 9.23. The first-order chi connectivity index (χ1) is 18.6. The van der Waals surface area contributed by atoms with Gasteiger partial charge in [0.1, 0.15) is 23.9 Å². The quantitative estimate of drug-likeness (QED) is 0.386. The minimum Gasteiger partial charge on any atom is -0.497 e. The maximum atomic E-state index is 13.6. The van der Waals surface area contributed by atoms with Gasteiger partial charge in [-0.1, -0.05) is 25.1 Å². The summed E-state index contributed by atoms with van der Waals surface area (Å²) >= 11 is 0. The molecular formula is C30H32O8. The number of rotatable bonds is 10. The van der Waals surface area contributed by atoms with Crippen LogP contribution in [0.3, 0.4) is 0 Å². The molecule has 0 aromatic heterocycles. The normalized spacial score (nSPS) is 19.1. The van der Waals surface area contributed by atoms with Gasteiger partial charge in [0, 0.05) is 23.5 Å². The number of aliphatic hydroxyl groups is 1. The fourth-order valence-electron chi connectivity index (χ4n) is 5.44. The standard InChI is InChI=1S/C30H32O8/c1-4-12-35-20-7-8-21-23(15-20)28(22-9-6-19(33-2)16-25(22)36-13-11-31)29(30(32)34-3)27(21)18-5-10-24-26(14-18)38-17-37-24/h5-10,14-16,27-29,31H,4,11-13,17H2,1-3H3/t27-,28+,29+/m0/s1. The molecule has 1 heterocycles. The second kappa shape index (κ2) is 11.2. The lowest BCUT2D eigenvalue weighted by molar-refractivity contribution is -0.146. The summed E-state index contributed by atoms with van der Waals surface area (Å²) in [4.78, 5) is 13.6. The van der Waals surface area contributed by atoms with E-state index in [1.807, 2.05) is 48.5 Å². The van der Waals surface area contributed by atoms with E-state index < -0.39 is 11.8 Å². The Bertz CT molecular complexity index is 1300. The highest BCUT2D eigenvalue weighted by Gasteiger charge is 2.48. The van der Waals surface area contributed by atoms with Gasteiger partial charge in [-0.2, -0.15) is 0 Å². The van der Waals surface area contributed by atoms with Crippen molar-refractivity contribution >= 4 is 5.97 Å². The van der Waals surface area contributed by atoms with E-state index in [0.29, 0.717) is 29.6 Å². The zero-order valence-electron chi connectivity index (χ0n) is 21.8. The van der Waals surface area contributed by atoms with Crippen molar-refractivity contribution in [3.63, 3.8) is 0 Å². The lowest BCUT2D eigenvalue weighted by Crippen LogP contribution is -2.26. The monoisotopic (exact) mass is 520 g/mol. The lowest BCUT2D eigenvalue weighted by atomic mass is 9.79. The van der Waals surface area contributed by atoms with Gasteiger partial charge in [0.25, 0.3) is 0 Å². The summed E-state index contributed by atoms with van der Waals surface area (Å²) in [5, 5.41) is 9.46. The van der Waals surface area contributed by atoms with Crippen molar-refractivity contribution in [2.45, 2.75) is 25.2 Å². The van der Waals surface area contributed by atoms with Crippen molar-refractivity contribution in [1.82, 2.24) is 0 Å². The molecular weight excluding hydrogens is 488 g/mol. The molecule has 1 aliphatic heterocycles. The third-order valence-corrected chi connectivity index (χ3v) is 7.05. The number of carbonyl (C=O) groups excluding carboxylic acids is 1. The summed E-state index contributed by atoms with van der Waals surface area (Å²) in [6.07, 6.45) is 0.878. The van der Waals surface area contributed by atoms with Gasteiger partial charge in [0.15, 0.2) is 11.5 Å². The maximum absolute atomic E-state index is 13.6. The highest BCUT2D eigenvalue weighted by atomic mass is 16.7. The number of fused-ring (bicyclic) bond motifs is 2. The summed E-state index contributed by atoms with van der Waals surface area (Å²) in [5.74, 6) is 1.55. The number of carbonyl (C=O) groups is 1. The Morgan fingerprint density at radius 3 is 2.42 bits per heavy atom. The summed E-state index contributed by atoms with van der Waals surface area (Å²) < 4.78 is 33.9. The van der Waals surface area contributed by atoms with E-state index in [2.05, 4.69) is 6.92 Å². The fraction of sp³-hybridized carbons (Fsp3) is 0.367. The first-order valence-corrected chi connectivity index (χ1v) is 12.7. The van der Waals surface area contributed by atoms with Crippen LogP contribution < -0.4 is 23.7 Å². The van der Waals surface area contributed by atoms with Gasteiger partial charge in [0.2, 0.25) is 6.79 Å². The molecule has 0 radical (unpaired) electrons. The smallest absolute Gasteiger partial charge is 0.310 e. The number of esters is 1. The Hall–Kier alpha value is -3.91. The summed E-state index contributed by atoms with van der Waals surface area (Å²) in [5.41, 5.74) is 3.67. The molecule has 1 N–H and O–H groups in total. The minimum absolute atomic E-state index is 0.105. The van der Waals surface area contributed by atoms with Crippen molar-refractivity contribution in [2.24, 2.45) is 5.92 Å². The summed E-state index contributed by atoms with van der Waals surface area (Å²) in [7, 11) is 2.99. The van der Waals surface area contributed by atoms with E-state index in [-0.39, 0.29) is 31.9 Å². The molecule has 3 atom stereocenters. The molecule has 0 saturated carbocycles. The molecule has 200 valence electrons. The van der Waals surface area contributed by atoms with Crippen LogP contribution in [-0.2, 0) is 9.53 Å². The molecule has 1 aliphatic carbocycles. The number of ether oxygens (including phenoxy) is 6. The third-order valence-electron chi connectivity index (χ3n) is 7.05. The average Bonchev–Trinajstić information content (AvgIpc) is 3.56. The Morgan fingerprint density at radius 2 is 1.66 bits per heavy atom. The predicted molar refractivity (Wildman–Crippen MR) is 140 cm³/mol. The van der Waals surface area contributed by atoms with Gasteiger partial charge >= 0.3 is 5.97 Å². The van der Waals surface area contributed by atoms with Crippen LogP contribution in [0.5, 0.6) is 28.7 Å². The van der Waals surface area contributed by atoms with Crippen molar-refractivity contribution in [3.05, 3.63) is 76.9 Å². The molecule has 5 rings (SSSR count). The van der Waals surface area contributed by atoms with Crippen molar-refractivity contribution in [1.29, 1.82) is 0 Å². The minimum atomic E-state index is -0.596. The predicted octanol–water partition coefficient (Wildman–Crippen LogP) is 4.65. The molecule has 2 aliphatic rings. The molecule has 8 nitrogen and oxygen atoms in total. The fourth-order valence-corrected chi connectivity index (χ4v) is 5.44. The number of hydrogen-bond acceptors (Lipinski definition) is 8. The van der Waals surface area contributed by atoms with Crippen LogP contribution in [0.4, 0.5) is 0 Å². The van der Waals surface area contributed by atoms with Crippen molar-refractivity contribution in [3.8, 4) is 28.7 Å². The van der Waals surface area contributed by atoms with Gasteiger partial charge in [-0.15, -0.1) is 0 Å². The molecule has 3 aromatic rings. The van der Waals surface area contributed by atoms with Crippen molar-refractivity contribution < 1.29 is 38.3 Å². The van der Waals surface area contributed by atoms with Crippen molar-refractivity contribution in [2.75, 3.05) is 40.8 Å². The molecule has 0 spiro atoms. The largest absolute Gasteiger partial charge is 0.497 e. The zero-order valence-corrected chi connectivity index (χ0v) is 21.8. The number of benzene rings is 3. The van der Waals surface area contributed by atoms with E-state index in [0.717, 1.165) is 34.4 Å². The lowest BCUT2D eigenvalue weighted by Gasteiger charge is -2.26. The van der Waals surface area contributed by atoms with Gasteiger partial charge in [0.05, 0.1) is 33.4 Å². The van der Waals surface area contributed by atoms with Gasteiger partial charge < -0.3 is 33.5 Å². The van der Waals surface area contributed by atoms with E-state index in [1.165, 1.54) is 7.11 Å². The molecule has 8 heteroatoms. The molecule has 0 bridgehead atoms. The van der Waals surface area contributed by atoms with Crippen LogP contribution in [0, 0.1) is 5.92 Å². The van der Waals surface area contributed by atoms with E-state index >= 15 is 0 Å². The summed E-state index contributed by atoms with van der Waals surface area (Å²) in [6, 6.07) is 17.3. The van der Waals surface area contributed by atoms with E-state index in [4.69, 9.17) is 28.4 Å². The molecule has 0 unspecified atom stereocenters. The highest BCUT2D eigenvalue weighted by Crippen LogP contribution is 2.56. The molecule has 3 aromatic carbocycles. The molecule has 0 fully saturated rings. The average molecular weight is 521 g/mol. The Kier molecular flexibility index (Phi) is 7.60. The van der Waals surface area contributed by atoms with Crippen LogP contribution in [0.1, 0.15) is 47.4 Å². The molecule has 38 heavy (non-hydrogen) atoms. The first-order valence-electron chi connectivity index (χ1n) is 12.7. The zero-order chi connectivity index (χ0) is 26.6. The number of hydrogen-bond donors (Lipinski definition) is 1. The SMILES string of the molecule is CCCOc1ccc2c(c1)[C@@H](c1ccc(OC)cc1OCCO)[C@H](C(=O)OC)[C@H]2c1ccc2c(c1)OCO2.